The first-order valence-corrected chi connectivity index (χ1v) is 9.72. The summed E-state index contributed by atoms with van der Waals surface area (Å²) in [5.74, 6) is 2.56. The summed E-state index contributed by atoms with van der Waals surface area (Å²) in [7, 11) is 0. The topological polar surface area (TPSA) is 63.1 Å². The molecule has 2 aliphatic rings. The van der Waals surface area contributed by atoms with Gasteiger partial charge in [0.2, 0.25) is 5.91 Å². The number of hydrogen-bond donors (Lipinski definition) is 1. The van der Waals surface area contributed by atoms with Crippen molar-refractivity contribution in [3.05, 3.63) is 45.5 Å². The fraction of sp³-hybridized carbons (Fsp3) is 0.500. The van der Waals surface area contributed by atoms with E-state index in [1.165, 1.54) is 0 Å². The first-order chi connectivity index (χ1) is 12.6. The van der Waals surface area contributed by atoms with Gasteiger partial charge in [-0.3, -0.25) is 4.79 Å². The number of carbonyl (C=O) groups excluding carboxylic acids is 1. The molecule has 3 heterocycles. The van der Waals surface area contributed by atoms with Crippen LogP contribution in [0.3, 0.4) is 0 Å². The highest BCUT2D eigenvalue weighted by Gasteiger charge is 2.28. The molecule has 0 spiro atoms. The Kier molecular flexibility index (Phi) is 6.63. The van der Waals surface area contributed by atoms with E-state index in [-0.39, 0.29) is 24.7 Å². The maximum atomic E-state index is 12.6. The molecule has 0 bridgehead atoms. The van der Waals surface area contributed by atoms with E-state index in [0.29, 0.717) is 16.0 Å². The van der Waals surface area contributed by atoms with Gasteiger partial charge in [0.15, 0.2) is 0 Å². The third-order valence-electron chi connectivity index (χ3n) is 5.21. The molecule has 9 heteroatoms. The number of likely N-dealkylation sites (tertiary alicyclic amines) is 1. The summed E-state index contributed by atoms with van der Waals surface area (Å²) < 4.78 is 2.24. The Labute approximate surface area is 174 Å². The second-order valence-electron chi connectivity index (χ2n) is 6.87. The zero-order valence-corrected chi connectivity index (χ0v) is 17.2. The molecule has 0 unspecified atom stereocenters. The van der Waals surface area contributed by atoms with Crippen LogP contribution < -0.4 is 5.32 Å². The Bertz CT molecular complexity index is 817. The highest BCUT2D eigenvalue weighted by atomic mass is 35.5. The maximum absolute atomic E-state index is 12.6. The average Bonchev–Trinajstić information content (AvgIpc) is 3.09. The predicted octanol–water partition coefficient (Wildman–Crippen LogP) is 3.06. The molecule has 0 radical (unpaired) electrons. The van der Waals surface area contributed by atoms with Crippen molar-refractivity contribution in [2.75, 3.05) is 19.6 Å². The summed E-state index contributed by atoms with van der Waals surface area (Å²) in [5.41, 5.74) is 0.783. The Hall–Kier alpha value is -1.34. The maximum Gasteiger partial charge on any atom is 0.227 e. The fourth-order valence-corrected chi connectivity index (χ4v) is 4.14. The van der Waals surface area contributed by atoms with Crippen LogP contribution in [0.2, 0.25) is 10.0 Å². The molecule has 1 saturated heterocycles. The van der Waals surface area contributed by atoms with Crippen LogP contribution in [0.4, 0.5) is 0 Å². The largest absolute Gasteiger partial charge is 0.342 e. The van der Waals surface area contributed by atoms with Crippen LogP contribution in [-0.2, 0) is 24.3 Å². The van der Waals surface area contributed by atoms with Gasteiger partial charge in [-0.2, -0.15) is 0 Å². The highest BCUT2D eigenvalue weighted by molar-refractivity contribution is 6.33. The van der Waals surface area contributed by atoms with E-state index in [0.717, 1.165) is 62.8 Å². The first-order valence-electron chi connectivity index (χ1n) is 8.96. The van der Waals surface area contributed by atoms with Gasteiger partial charge in [-0.1, -0.05) is 23.2 Å². The molecule has 2 aliphatic heterocycles. The lowest BCUT2D eigenvalue weighted by Crippen LogP contribution is -2.39. The number of carbonyl (C=O) groups is 1. The van der Waals surface area contributed by atoms with Crippen molar-refractivity contribution in [2.24, 2.45) is 0 Å². The molecule has 1 aromatic carbocycles. The normalized spacial score (nSPS) is 17.3. The van der Waals surface area contributed by atoms with Crippen molar-refractivity contribution in [2.45, 2.75) is 38.3 Å². The highest BCUT2D eigenvalue weighted by Crippen LogP contribution is 2.29. The van der Waals surface area contributed by atoms with Gasteiger partial charge < -0.3 is 14.8 Å². The smallest absolute Gasteiger partial charge is 0.227 e. The minimum atomic E-state index is 0. The molecule has 27 heavy (non-hydrogen) atoms. The minimum absolute atomic E-state index is 0. The number of rotatable bonds is 3. The second-order valence-corrected chi connectivity index (χ2v) is 7.71. The van der Waals surface area contributed by atoms with E-state index in [1.54, 1.807) is 18.2 Å². The first kappa shape index (κ1) is 20.4. The van der Waals surface area contributed by atoms with Crippen LogP contribution in [0.25, 0.3) is 0 Å². The molecule has 1 N–H and O–H groups in total. The Morgan fingerprint density at radius 2 is 1.96 bits per heavy atom. The summed E-state index contributed by atoms with van der Waals surface area (Å²) in [6.45, 7) is 4.13. The van der Waals surface area contributed by atoms with E-state index in [4.69, 9.17) is 23.2 Å². The number of hydrogen-bond acceptors (Lipinski definition) is 4. The molecule has 1 amide bonds. The number of fused-ring (bicyclic) bond motifs is 1. The summed E-state index contributed by atoms with van der Waals surface area (Å²) in [4.78, 5) is 14.6. The van der Waals surface area contributed by atoms with Crippen molar-refractivity contribution in [1.29, 1.82) is 0 Å². The molecule has 4 rings (SSSR count). The summed E-state index contributed by atoms with van der Waals surface area (Å²) >= 11 is 12.2. The molecule has 1 aromatic heterocycles. The van der Waals surface area contributed by atoms with Crippen molar-refractivity contribution < 1.29 is 4.79 Å². The zero-order chi connectivity index (χ0) is 18.1. The fourth-order valence-electron chi connectivity index (χ4n) is 3.76. The van der Waals surface area contributed by atoms with E-state index in [2.05, 4.69) is 20.1 Å². The quantitative estimate of drug-likeness (QED) is 0.813. The van der Waals surface area contributed by atoms with Gasteiger partial charge in [-0.25, -0.2) is 0 Å². The second kappa shape index (κ2) is 8.78. The van der Waals surface area contributed by atoms with Gasteiger partial charge in [-0.05, 0) is 36.6 Å². The van der Waals surface area contributed by atoms with Crippen LogP contribution in [0, 0.1) is 0 Å². The SMILES string of the molecule is Cl.O=C(Cc1cc(Cl)ccc1Cl)N1CCC(c2nnc3n2CCNC3)CC1. The van der Waals surface area contributed by atoms with Crippen LogP contribution in [-0.4, -0.2) is 45.2 Å². The van der Waals surface area contributed by atoms with Crippen molar-refractivity contribution in [3.8, 4) is 0 Å². The van der Waals surface area contributed by atoms with Crippen molar-refractivity contribution in [3.63, 3.8) is 0 Å². The lowest BCUT2D eigenvalue weighted by Gasteiger charge is -2.32. The van der Waals surface area contributed by atoms with Gasteiger partial charge in [0.25, 0.3) is 0 Å². The van der Waals surface area contributed by atoms with Crippen LogP contribution in [0.15, 0.2) is 18.2 Å². The molecule has 146 valence electrons. The number of amides is 1. The third kappa shape index (κ3) is 4.40. The minimum Gasteiger partial charge on any atom is -0.342 e. The number of nitrogens with one attached hydrogen (secondary N) is 1. The zero-order valence-electron chi connectivity index (χ0n) is 14.8. The van der Waals surface area contributed by atoms with Gasteiger partial charge in [0, 0.05) is 42.1 Å². The summed E-state index contributed by atoms with van der Waals surface area (Å²) in [6.07, 6.45) is 2.12. The lowest BCUT2D eigenvalue weighted by atomic mass is 9.95. The van der Waals surface area contributed by atoms with E-state index in [1.807, 2.05) is 4.90 Å². The standard InChI is InChI=1S/C18H21Cl2N5O.ClH/c19-14-1-2-15(20)13(9-14)10-17(26)24-6-3-12(4-7-24)18-23-22-16-11-21-5-8-25(16)18;/h1-2,9,12,21H,3-8,10-11H2;1H. The monoisotopic (exact) mass is 429 g/mol. The number of benzene rings is 1. The Morgan fingerprint density at radius 1 is 1.19 bits per heavy atom. The van der Waals surface area contributed by atoms with Crippen LogP contribution in [0.5, 0.6) is 0 Å². The summed E-state index contributed by atoms with van der Waals surface area (Å²) in [6, 6.07) is 5.24. The number of piperidine rings is 1. The van der Waals surface area contributed by atoms with Crippen LogP contribution in [0.1, 0.15) is 36.0 Å². The van der Waals surface area contributed by atoms with Gasteiger partial charge in [0.05, 0.1) is 13.0 Å². The molecule has 0 atom stereocenters. The molecule has 0 aliphatic carbocycles. The van der Waals surface area contributed by atoms with Gasteiger partial charge >= 0.3 is 0 Å². The molecule has 6 nitrogen and oxygen atoms in total. The van der Waals surface area contributed by atoms with E-state index < -0.39 is 0 Å². The molecule has 2 aromatic rings. The van der Waals surface area contributed by atoms with Crippen molar-refractivity contribution >= 4 is 41.5 Å². The van der Waals surface area contributed by atoms with Gasteiger partial charge in [0.1, 0.15) is 11.6 Å². The van der Waals surface area contributed by atoms with E-state index >= 15 is 0 Å². The van der Waals surface area contributed by atoms with Crippen LogP contribution >= 0.6 is 35.6 Å². The molecular weight excluding hydrogens is 409 g/mol. The lowest BCUT2D eigenvalue weighted by molar-refractivity contribution is -0.131. The summed E-state index contributed by atoms with van der Waals surface area (Å²) in [5, 5.41) is 13.2. The predicted molar refractivity (Wildman–Crippen MR) is 108 cm³/mol. The number of nitrogens with zero attached hydrogens (tertiary/aromatic N) is 4. The van der Waals surface area contributed by atoms with E-state index in [9.17, 15) is 4.79 Å². The third-order valence-corrected chi connectivity index (χ3v) is 5.82. The van der Waals surface area contributed by atoms with Crippen molar-refractivity contribution in [1.82, 2.24) is 25.0 Å². The molecule has 0 saturated carbocycles. The number of aromatic nitrogens is 3. The Balaban J connectivity index is 0.00000210. The number of halogens is 3. The van der Waals surface area contributed by atoms with Gasteiger partial charge in [-0.15, -0.1) is 22.6 Å². The average molecular weight is 431 g/mol. The molecule has 1 fully saturated rings. The Morgan fingerprint density at radius 3 is 2.74 bits per heavy atom. The molecular formula is C18H22Cl3N5O.